The van der Waals surface area contributed by atoms with E-state index < -0.39 is 12.0 Å². The van der Waals surface area contributed by atoms with E-state index in [0.29, 0.717) is 6.42 Å². The Bertz CT molecular complexity index is 312. The number of phenols is 1. The Balaban J connectivity index is 2.67. The maximum absolute atomic E-state index is 10.7. The van der Waals surface area contributed by atoms with Gasteiger partial charge in [-0.1, -0.05) is 12.1 Å². The zero-order chi connectivity index (χ0) is 10.6. The summed E-state index contributed by atoms with van der Waals surface area (Å²) in [6.45, 7) is 0. The second-order valence-electron chi connectivity index (χ2n) is 2.87. The number of carboxylic acids is 1. The third kappa shape index (κ3) is 3.01. The lowest BCUT2D eigenvalue weighted by atomic mass is 10.1. The van der Waals surface area contributed by atoms with E-state index in [1.165, 1.54) is 12.1 Å². The first-order valence-corrected chi connectivity index (χ1v) is 4.79. The van der Waals surface area contributed by atoms with Gasteiger partial charge < -0.3 is 10.2 Å². The van der Waals surface area contributed by atoms with Crippen molar-refractivity contribution in [3.05, 3.63) is 29.8 Å². The summed E-state index contributed by atoms with van der Waals surface area (Å²) >= 11 is 2.91. The number of aliphatic carboxylic acids is 1. The second kappa shape index (κ2) is 4.97. The highest BCUT2D eigenvalue weighted by molar-refractivity contribution is 9.08. The lowest BCUT2D eigenvalue weighted by Gasteiger charge is -2.09. The number of phenolic OH excluding ortho intramolecular Hbond substituents is 1. The molecule has 14 heavy (non-hydrogen) atoms. The van der Waals surface area contributed by atoms with Crippen LogP contribution in [0.15, 0.2) is 24.3 Å². The van der Waals surface area contributed by atoms with Crippen LogP contribution in [-0.2, 0) is 11.2 Å². The van der Waals surface area contributed by atoms with Crippen molar-refractivity contribution in [2.24, 2.45) is 0 Å². The molecule has 1 aromatic rings. The van der Waals surface area contributed by atoms with Gasteiger partial charge in [-0.05, 0) is 24.1 Å². The molecule has 1 rings (SSSR count). The molecule has 0 fully saturated rings. The Morgan fingerprint density at radius 3 is 2.43 bits per heavy atom. The molecular formula is C9H10BrNO3. The predicted octanol–water partition coefficient (Wildman–Crippen LogP) is 1.29. The number of hydrogen-bond acceptors (Lipinski definition) is 3. The topological polar surface area (TPSA) is 69.6 Å². The average molecular weight is 260 g/mol. The fraction of sp³-hybridized carbons (Fsp3) is 0.222. The van der Waals surface area contributed by atoms with Gasteiger partial charge in [-0.15, -0.1) is 0 Å². The summed E-state index contributed by atoms with van der Waals surface area (Å²) in [6, 6.07) is 5.77. The second-order valence-corrected chi connectivity index (χ2v) is 3.33. The smallest absolute Gasteiger partial charge is 0.321 e. The molecule has 0 saturated carbocycles. The minimum atomic E-state index is -0.921. The number of carbonyl (C=O) groups is 1. The Morgan fingerprint density at radius 1 is 1.43 bits per heavy atom. The number of carboxylic acid groups (broad SMARTS) is 1. The summed E-state index contributed by atoms with van der Waals surface area (Å²) in [5.74, 6) is -0.748. The van der Waals surface area contributed by atoms with Crippen molar-refractivity contribution in [2.45, 2.75) is 12.5 Å². The number of nitrogens with one attached hydrogen (secondary N) is 1. The zero-order valence-electron chi connectivity index (χ0n) is 7.27. The molecule has 0 aliphatic carbocycles. The van der Waals surface area contributed by atoms with Gasteiger partial charge >= 0.3 is 5.97 Å². The van der Waals surface area contributed by atoms with Crippen molar-refractivity contribution < 1.29 is 15.0 Å². The van der Waals surface area contributed by atoms with Crippen molar-refractivity contribution in [1.29, 1.82) is 0 Å². The lowest BCUT2D eigenvalue weighted by molar-refractivity contribution is -0.138. The van der Waals surface area contributed by atoms with Crippen LogP contribution in [0.4, 0.5) is 0 Å². The average Bonchev–Trinajstić information content (AvgIpc) is 2.16. The van der Waals surface area contributed by atoms with E-state index in [1.54, 1.807) is 12.1 Å². The van der Waals surface area contributed by atoms with Crippen LogP contribution >= 0.6 is 16.1 Å². The highest BCUT2D eigenvalue weighted by atomic mass is 79.9. The standard InChI is InChI=1S/C9H10BrNO3/c10-11-8(9(13)14)5-6-1-3-7(12)4-2-6/h1-4,8,11-12H,5H2,(H,13,14). The fourth-order valence-electron chi connectivity index (χ4n) is 1.04. The van der Waals surface area contributed by atoms with Crippen molar-refractivity contribution in [3.63, 3.8) is 0 Å². The van der Waals surface area contributed by atoms with E-state index in [9.17, 15) is 4.79 Å². The van der Waals surface area contributed by atoms with Gasteiger partial charge in [0.2, 0.25) is 0 Å². The molecule has 0 spiro atoms. The highest BCUT2D eigenvalue weighted by Crippen LogP contribution is 2.11. The van der Waals surface area contributed by atoms with Crippen molar-refractivity contribution in [3.8, 4) is 5.75 Å². The molecule has 5 heteroatoms. The van der Waals surface area contributed by atoms with Gasteiger partial charge in [0.05, 0.1) is 0 Å². The molecule has 1 atom stereocenters. The Hall–Kier alpha value is -1.07. The quantitative estimate of drug-likeness (QED) is 0.713. The predicted molar refractivity (Wildman–Crippen MR) is 55.3 cm³/mol. The van der Waals surface area contributed by atoms with Crippen molar-refractivity contribution in [1.82, 2.24) is 4.34 Å². The minimum Gasteiger partial charge on any atom is -0.508 e. The minimum absolute atomic E-state index is 0.174. The molecule has 76 valence electrons. The van der Waals surface area contributed by atoms with Crippen LogP contribution in [0.1, 0.15) is 5.56 Å². The maximum Gasteiger partial charge on any atom is 0.321 e. The molecule has 0 aromatic heterocycles. The molecular weight excluding hydrogens is 250 g/mol. The molecule has 0 bridgehead atoms. The van der Waals surface area contributed by atoms with Crippen LogP contribution in [0.3, 0.4) is 0 Å². The molecule has 0 aliphatic heterocycles. The number of aromatic hydroxyl groups is 1. The monoisotopic (exact) mass is 259 g/mol. The Labute approximate surface area is 89.9 Å². The third-order valence-corrected chi connectivity index (χ3v) is 2.36. The van der Waals surface area contributed by atoms with Gasteiger partial charge in [0.25, 0.3) is 0 Å². The number of rotatable bonds is 4. The normalized spacial score (nSPS) is 12.4. The van der Waals surface area contributed by atoms with Gasteiger partial charge in [0.1, 0.15) is 11.8 Å². The zero-order valence-corrected chi connectivity index (χ0v) is 8.86. The summed E-state index contributed by atoms with van der Waals surface area (Å²) in [4.78, 5) is 10.7. The molecule has 1 aromatic carbocycles. The van der Waals surface area contributed by atoms with Gasteiger partial charge in [0.15, 0.2) is 0 Å². The molecule has 1 unspecified atom stereocenters. The van der Waals surface area contributed by atoms with Crippen LogP contribution in [0.2, 0.25) is 0 Å². The molecule has 3 N–H and O–H groups in total. The first kappa shape index (κ1) is 11.0. The van der Waals surface area contributed by atoms with Gasteiger partial charge in [-0.25, -0.2) is 4.34 Å². The first-order valence-electron chi connectivity index (χ1n) is 4.00. The maximum atomic E-state index is 10.7. The summed E-state index contributed by atoms with van der Waals surface area (Å²) in [7, 11) is 0. The van der Waals surface area contributed by atoms with E-state index in [4.69, 9.17) is 10.2 Å². The van der Waals surface area contributed by atoms with Gasteiger partial charge in [-0.2, -0.15) is 0 Å². The highest BCUT2D eigenvalue weighted by Gasteiger charge is 2.15. The Morgan fingerprint density at radius 2 is 2.00 bits per heavy atom. The van der Waals surface area contributed by atoms with Gasteiger partial charge in [-0.3, -0.25) is 4.79 Å². The van der Waals surface area contributed by atoms with E-state index >= 15 is 0 Å². The van der Waals surface area contributed by atoms with E-state index in [1.807, 2.05) is 0 Å². The number of benzene rings is 1. The fourth-order valence-corrected chi connectivity index (χ4v) is 1.40. The molecule has 0 heterocycles. The SMILES string of the molecule is O=C(O)C(Cc1ccc(O)cc1)NBr. The van der Waals surface area contributed by atoms with Crippen LogP contribution in [0.25, 0.3) is 0 Å². The molecule has 0 aliphatic rings. The largest absolute Gasteiger partial charge is 0.508 e. The van der Waals surface area contributed by atoms with Crippen molar-refractivity contribution in [2.75, 3.05) is 0 Å². The van der Waals surface area contributed by atoms with Crippen LogP contribution in [0, 0.1) is 0 Å². The number of halogens is 1. The van der Waals surface area contributed by atoms with Crippen LogP contribution < -0.4 is 4.34 Å². The summed E-state index contributed by atoms with van der Waals surface area (Å²) in [5, 5.41) is 17.8. The van der Waals surface area contributed by atoms with E-state index in [0.717, 1.165) is 5.56 Å². The van der Waals surface area contributed by atoms with Crippen LogP contribution in [-0.4, -0.2) is 22.2 Å². The van der Waals surface area contributed by atoms with E-state index in [2.05, 4.69) is 20.5 Å². The molecule has 4 nitrogen and oxygen atoms in total. The van der Waals surface area contributed by atoms with Crippen LogP contribution in [0.5, 0.6) is 5.75 Å². The summed E-state index contributed by atoms with van der Waals surface area (Å²) < 4.78 is 2.52. The van der Waals surface area contributed by atoms with Crippen molar-refractivity contribution >= 4 is 22.1 Å². The first-order chi connectivity index (χ1) is 6.63. The molecule has 0 saturated heterocycles. The summed E-state index contributed by atoms with van der Waals surface area (Å²) in [5.41, 5.74) is 0.849. The Kier molecular flexibility index (Phi) is 3.91. The number of hydrogen-bond donors (Lipinski definition) is 3. The molecule has 0 radical (unpaired) electrons. The van der Waals surface area contributed by atoms with E-state index in [-0.39, 0.29) is 5.75 Å². The third-order valence-electron chi connectivity index (χ3n) is 1.81. The van der Waals surface area contributed by atoms with Gasteiger partial charge in [0, 0.05) is 16.1 Å². The molecule has 0 amide bonds. The summed E-state index contributed by atoms with van der Waals surface area (Å²) in [6.07, 6.45) is 0.362. The lowest BCUT2D eigenvalue weighted by Crippen LogP contribution is -2.32.